The van der Waals surface area contributed by atoms with Gasteiger partial charge in [-0.05, 0) is 35.1 Å². The van der Waals surface area contributed by atoms with E-state index < -0.39 is 0 Å². The predicted molar refractivity (Wildman–Crippen MR) is 68.3 cm³/mol. The summed E-state index contributed by atoms with van der Waals surface area (Å²) in [6.07, 6.45) is 3.93. The van der Waals surface area contributed by atoms with Crippen LogP contribution in [-0.2, 0) is 22.7 Å². The first-order valence-electron chi connectivity index (χ1n) is 6.34. The summed E-state index contributed by atoms with van der Waals surface area (Å²) in [5.41, 5.74) is 7.83. The van der Waals surface area contributed by atoms with Crippen molar-refractivity contribution in [1.82, 2.24) is 5.43 Å². The quantitative estimate of drug-likeness (QED) is 0.632. The van der Waals surface area contributed by atoms with Gasteiger partial charge in [0.25, 0.3) is 0 Å². The number of fused-ring (bicyclic) bond motifs is 1. The molecule has 0 bridgehead atoms. The number of nitrogens with two attached hydrogens (primary N) is 1. The lowest BCUT2D eigenvalue weighted by Crippen LogP contribution is -2.30. The maximum atomic E-state index is 5.70. The molecular formula is C14H18N2O2. The van der Waals surface area contributed by atoms with E-state index in [1.807, 2.05) is 6.26 Å². The normalized spacial score (nSPS) is 19.9. The van der Waals surface area contributed by atoms with Gasteiger partial charge in [-0.2, -0.15) is 0 Å². The van der Waals surface area contributed by atoms with E-state index in [0.29, 0.717) is 6.61 Å². The zero-order valence-corrected chi connectivity index (χ0v) is 10.3. The van der Waals surface area contributed by atoms with Gasteiger partial charge < -0.3 is 9.47 Å². The Morgan fingerprint density at radius 3 is 2.89 bits per heavy atom. The first-order chi connectivity index (χ1) is 8.88. The van der Waals surface area contributed by atoms with Crippen molar-refractivity contribution < 1.29 is 9.47 Å². The Morgan fingerprint density at radius 1 is 1.22 bits per heavy atom. The number of rotatable bonds is 3. The van der Waals surface area contributed by atoms with E-state index in [-0.39, 0.29) is 6.04 Å². The average molecular weight is 246 g/mol. The van der Waals surface area contributed by atoms with Crippen molar-refractivity contribution in [3.05, 3.63) is 46.7 Å². The van der Waals surface area contributed by atoms with Crippen LogP contribution >= 0.6 is 0 Å². The standard InChI is InChI=1S/C14H18N2O2/c15-16-14(12-2-1-5-17-8-12)10-3-4-11-7-18-9-13(11)6-10/h3-4,6,8,14,16H,1-2,5,7,9,15H2. The van der Waals surface area contributed by atoms with Gasteiger partial charge in [-0.3, -0.25) is 5.84 Å². The minimum atomic E-state index is 0.0381. The molecule has 0 amide bonds. The second-order valence-corrected chi connectivity index (χ2v) is 4.79. The van der Waals surface area contributed by atoms with Gasteiger partial charge >= 0.3 is 0 Å². The summed E-state index contributed by atoms with van der Waals surface area (Å²) < 4.78 is 10.8. The minimum Gasteiger partial charge on any atom is -0.501 e. The van der Waals surface area contributed by atoms with E-state index >= 15 is 0 Å². The first kappa shape index (κ1) is 11.7. The molecule has 3 rings (SSSR count). The fourth-order valence-corrected chi connectivity index (χ4v) is 2.59. The summed E-state index contributed by atoms with van der Waals surface area (Å²) in [5, 5.41) is 0. The Hall–Kier alpha value is -1.36. The molecule has 0 fully saturated rings. The molecule has 0 aromatic heterocycles. The van der Waals surface area contributed by atoms with Gasteiger partial charge in [0.1, 0.15) is 0 Å². The van der Waals surface area contributed by atoms with Gasteiger partial charge in [0.15, 0.2) is 0 Å². The molecule has 0 radical (unpaired) electrons. The summed E-state index contributed by atoms with van der Waals surface area (Å²) in [6.45, 7) is 2.23. The van der Waals surface area contributed by atoms with Crippen molar-refractivity contribution >= 4 is 0 Å². The smallest absolute Gasteiger partial charge is 0.0876 e. The van der Waals surface area contributed by atoms with Crippen molar-refractivity contribution in [2.24, 2.45) is 5.84 Å². The third-order valence-electron chi connectivity index (χ3n) is 3.58. The van der Waals surface area contributed by atoms with Crippen LogP contribution in [0, 0.1) is 0 Å². The molecule has 2 aliphatic rings. The molecule has 2 heterocycles. The van der Waals surface area contributed by atoms with Gasteiger partial charge in [0.05, 0.1) is 32.1 Å². The van der Waals surface area contributed by atoms with Crippen LogP contribution in [0.2, 0.25) is 0 Å². The number of benzene rings is 1. The lowest BCUT2D eigenvalue weighted by molar-refractivity contribution is 0.134. The topological polar surface area (TPSA) is 56.5 Å². The molecule has 1 unspecified atom stereocenters. The highest BCUT2D eigenvalue weighted by Gasteiger charge is 2.20. The van der Waals surface area contributed by atoms with E-state index in [1.165, 1.54) is 22.3 Å². The number of ether oxygens (including phenoxy) is 2. The van der Waals surface area contributed by atoms with Crippen LogP contribution in [0.1, 0.15) is 35.6 Å². The van der Waals surface area contributed by atoms with Gasteiger partial charge in [-0.1, -0.05) is 18.2 Å². The third kappa shape index (κ3) is 2.14. The third-order valence-corrected chi connectivity index (χ3v) is 3.58. The molecule has 96 valence electrons. The van der Waals surface area contributed by atoms with Crippen LogP contribution in [0.15, 0.2) is 30.0 Å². The maximum Gasteiger partial charge on any atom is 0.0876 e. The maximum absolute atomic E-state index is 5.70. The molecular weight excluding hydrogens is 228 g/mol. The number of hydrazine groups is 1. The highest BCUT2D eigenvalue weighted by Crippen LogP contribution is 2.30. The average Bonchev–Trinajstić information content (AvgIpc) is 2.88. The van der Waals surface area contributed by atoms with Gasteiger partial charge in [-0.25, -0.2) is 5.43 Å². The highest BCUT2D eigenvalue weighted by molar-refractivity contribution is 5.37. The lowest BCUT2D eigenvalue weighted by Gasteiger charge is -2.23. The van der Waals surface area contributed by atoms with Crippen molar-refractivity contribution in [2.45, 2.75) is 32.1 Å². The summed E-state index contributed by atoms with van der Waals surface area (Å²) in [5.74, 6) is 5.70. The van der Waals surface area contributed by atoms with Gasteiger partial charge in [-0.15, -0.1) is 0 Å². The molecule has 1 atom stereocenters. The second-order valence-electron chi connectivity index (χ2n) is 4.79. The summed E-state index contributed by atoms with van der Waals surface area (Å²) in [4.78, 5) is 0. The van der Waals surface area contributed by atoms with Crippen LogP contribution < -0.4 is 11.3 Å². The van der Waals surface area contributed by atoms with Crippen LogP contribution in [-0.4, -0.2) is 6.61 Å². The van der Waals surface area contributed by atoms with Crippen LogP contribution in [0.25, 0.3) is 0 Å². The Kier molecular flexibility index (Phi) is 3.32. The second kappa shape index (κ2) is 5.10. The summed E-state index contributed by atoms with van der Waals surface area (Å²) in [6, 6.07) is 6.47. The fraction of sp³-hybridized carbons (Fsp3) is 0.429. The molecule has 3 N–H and O–H groups in total. The molecule has 0 saturated heterocycles. The Morgan fingerprint density at radius 2 is 2.11 bits per heavy atom. The largest absolute Gasteiger partial charge is 0.501 e. The molecule has 4 nitrogen and oxygen atoms in total. The van der Waals surface area contributed by atoms with Crippen molar-refractivity contribution in [1.29, 1.82) is 0 Å². The van der Waals surface area contributed by atoms with Crippen molar-refractivity contribution in [3.8, 4) is 0 Å². The molecule has 18 heavy (non-hydrogen) atoms. The lowest BCUT2D eigenvalue weighted by atomic mass is 9.93. The number of hydrogen-bond donors (Lipinski definition) is 2. The van der Waals surface area contributed by atoms with Crippen LogP contribution in [0.3, 0.4) is 0 Å². The molecule has 0 saturated carbocycles. The van der Waals surface area contributed by atoms with Gasteiger partial charge in [0.2, 0.25) is 0 Å². The zero-order chi connectivity index (χ0) is 12.4. The minimum absolute atomic E-state index is 0.0381. The van der Waals surface area contributed by atoms with E-state index in [2.05, 4.69) is 23.6 Å². The monoisotopic (exact) mass is 246 g/mol. The van der Waals surface area contributed by atoms with Gasteiger partial charge in [0, 0.05) is 0 Å². The van der Waals surface area contributed by atoms with Crippen molar-refractivity contribution in [3.63, 3.8) is 0 Å². The molecule has 1 aromatic rings. The first-order valence-corrected chi connectivity index (χ1v) is 6.34. The predicted octanol–water partition coefficient (Wildman–Crippen LogP) is 1.92. The summed E-state index contributed by atoms with van der Waals surface area (Å²) in [7, 11) is 0. The number of hydrogen-bond acceptors (Lipinski definition) is 4. The molecule has 1 aromatic carbocycles. The summed E-state index contributed by atoms with van der Waals surface area (Å²) >= 11 is 0. The Balaban J connectivity index is 1.89. The van der Waals surface area contributed by atoms with E-state index in [1.54, 1.807) is 0 Å². The van der Waals surface area contributed by atoms with E-state index in [9.17, 15) is 0 Å². The van der Waals surface area contributed by atoms with Crippen LogP contribution in [0.5, 0.6) is 0 Å². The highest BCUT2D eigenvalue weighted by atomic mass is 16.5. The fourth-order valence-electron chi connectivity index (χ4n) is 2.59. The zero-order valence-electron chi connectivity index (χ0n) is 10.3. The molecule has 0 aliphatic carbocycles. The number of nitrogens with one attached hydrogen (secondary N) is 1. The molecule has 0 spiro atoms. The molecule has 4 heteroatoms. The molecule has 2 aliphatic heterocycles. The van der Waals surface area contributed by atoms with E-state index in [4.69, 9.17) is 15.3 Å². The SMILES string of the molecule is NNC(C1=COCCC1)c1ccc2c(c1)COC2. The van der Waals surface area contributed by atoms with Crippen LogP contribution in [0.4, 0.5) is 0 Å². The Labute approximate surface area is 107 Å². The van der Waals surface area contributed by atoms with Crippen molar-refractivity contribution in [2.75, 3.05) is 6.61 Å². The van der Waals surface area contributed by atoms with E-state index in [0.717, 1.165) is 26.1 Å². The Bertz CT molecular complexity index is 471.